The van der Waals surface area contributed by atoms with E-state index in [0.29, 0.717) is 23.0 Å². The normalized spacial score (nSPS) is 10.9. The molecule has 21 heavy (non-hydrogen) atoms. The second kappa shape index (κ2) is 4.94. The van der Waals surface area contributed by atoms with E-state index in [2.05, 4.69) is 0 Å². The van der Waals surface area contributed by atoms with E-state index in [1.807, 2.05) is 6.92 Å². The Labute approximate surface area is 119 Å². The summed E-state index contributed by atoms with van der Waals surface area (Å²) in [5.74, 6) is 0.0952. The van der Waals surface area contributed by atoms with Gasteiger partial charge in [0.2, 0.25) is 5.43 Å². The van der Waals surface area contributed by atoms with Crippen molar-refractivity contribution in [3.05, 3.63) is 68.9 Å². The van der Waals surface area contributed by atoms with Gasteiger partial charge in [-0.1, -0.05) is 13.0 Å². The minimum absolute atomic E-state index is 0.0952. The lowest BCUT2D eigenvalue weighted by atomic mass is 10.1. The first-order valence-corrected chi connectivity index (χ1v) is 6.57. The van der Waals surface area contributed by atoms with E-state index >= 15 is 0 Å². The Morgan fingerprint density at radius 1 is 1.24 bits per heavy atom. The van der Waals surface area contributed by atoms with Crippen LogP contribution in [0.4, 0.5) is 0 Å². The molecule has 5 nitrogen and oxygen atoms in total. The Morgan fingerprint density at radius 2 is 2.05 bits per heavy atom. The minimum Gasteiger partial charge on any atom is -0.508 e. The molecule has 0 aliphatic carbocycles. The second-order valence-electron chi connectivity index (χ2n) is 4.69. The summed E-state index contributed by atoms with van der Waals surface area (Å²) in [6.07, 6.45) is 3.34. The molecule has 2 aromatic heterocycles. The van der Waals surface area contributed by atoms with Crippen LogP contribution >= 0.6 is 0 Å². The summed E-state index contributed by atoms with van der Waals surface area (Å²) in [7, 11) is 0. The Balaban J connectivity index is 2.35. The molecule has 0 unspecified atom stereocenters. The summed E-state index contributed by atoms with van der Waals surface area (Å²) in [5.41, 5.74) is 0.494. The summed E-state index contributed by atoms with van der Waals surface area (Å²) in [5, 5.41) is 10.2. The molecule has 5 heteroatoms. The van der Waals surface area contributed by atoms with Crippen molar-refractivity contribution in [2.75, 3.05) is 0 Å². The number of hydrogen-bond acceptors (Lipinski definition) is 4. The third kappa shape index (κ3) is 2.12. The van der Waals surface area contributed by atoms with Gasteiger partial charge in [0.1, 0.15) is 23.3 Å². The second-order valence-corrected chi connectivity index (χ2v) is 4.69. The highest BCUT2D eigenvalue weighted by molar-refractivity contribution is 5.80. The molecule has 3 aromatic rings. The van der Waals surface area contributed by atoms with Gasteiger partial charge in [0.25, 0.3) is 5.56 Å². The van der Waals surface area contributed by atoms with E-state index in [9.17, 15) is 14.7 Å². The van der Waals surface area contributed by atoms with Crippen LogP contribution in [-0.2, 0) is 6.42 Å². The molecule has 106 valence electrons. The van der Waals surface area contributed by atoms with Crippen molar-refractivity contribution < 1.29 is 9.52 Å². The van der Waals surface area contributed by atoms with E-state index in [1.54, 1.807) is 18.2 Å². The summed E-state index contributed by atoms with van der Waals surface area (Å²) >= 11 is 0. The third-order valence-electron chi connectivity index (χ3n) is 3.42. The zero-order chi connectivity index (χ0) is 15.0. The van der Waals surface area contributed by atoms with Crippen LogP contribution < -0.4 is 11.0 Å². The Kier molecular flexibility index (Phi) is 3.10. The lowest BCUT2D eigenvalue weighted by molar-refractivity contribution is 0.467. The van der Waals surface area contributed by atoms with Crippen LogP contribution in [-0.4, -0.2) is 9.67 Å². The summed E-state index contributed by atoms with van der Waals surface area (Å²) in [6.45, 7) is 1.88. The molecule has 0 saturated heterocycles. The summed E-state index contributed by atoms with van der Waals surface area (Å²) in [6, 6.07) is 7.67. The van der Waals surface area contributed by atoms with Crippen LogP contribution in [0, 0.1) is 0 Å². The number of aromatic hydroxyl groups is 1. The standard InChI is InChI=1S/C16H13NO4/c1-2-10-7-11-14(8-13(10)18)21-9-12(16(11)20)17-6-4-3-5-15(17)19/h3-9,18H,2H2,1H3. The van der Waals surface area contributed by atoms with Gasteiger partial charge in [-0.3, -0.25) is 14.2 Å². The highest BCUT2D eigenvalue weighted by Crippen LogP contribution is 2.24. The predicted molar refractivity (Wildman–Crippen MR) is 79.1 cm³/mol. The largest absolute Gasteiger partial charge is 0.508 e. The fraction of sp³-hybridized carbons (Fsp3) is 0.125. The number of rotatable bonds is 2. The smallest absolute Gasteiger partial charge is 0.255 e. The summed E-state index contributed by atoms with van der Waals surface area (Å²) in [4.78, 5) is 24.4. The van der Waals surface area contributed by atoms with Crippen molar-refractivity contribution in [2.24, 2.45) is 0 Å². The lowest BCUT2D eigenvalue weighted by Crippen LogP contribution is -2.22. The first-order valence-electron chi connectivity index (χ1n) is 6.57. The molecule has 0 fully saturated rings. The van der Waals surface area contributed by atoms with E-state index in [1.165, 1.54) is 29.2 Å². The molecule has 1 N–H and O–H groups in total. The van der Waals surface area contributed by atoms with Gasteiger partial charge in [0, 0.05) is 18.3 Å². The molecule has 0 saturated carbocycles. The molecular formula is C16H13NO4. The molecule has 3 rings (SSSR count). The maximum atomic E-state index is 12.6. The number of phenols is 1. The van der Waals surface area contributed by atoms with Crippen molar-refractivity contribution in [2.45, 2.75) is 13.3 Å². The van der Waals surface area contributed by atoms with Gasteiger partial charge in [0.05, 0.1) is 5.39 Å². The highest BCUT2D eigenvalue weighted by atomic mass is 16.3. The topological polar surface area (TPSA) is 72.4 Å². The first kappa shape index (κ1) is 13.2. The number of benzene rings is 1. The third-order valence-corrected chi connectivity index (χ3v) is 3.42. The molecule has 0 spiro atoms. The van der Waals surface area contributed by atoms with E-state index in [-0.39, 0.29) is 22.4 Å². The van der Waals surface area contributed by atoms with Crippen molar-refractivity contribution in [3.8, 4) is 11.4 Å². The van der Waals surface area contributed by atoms with Crippen LogP contribution in [0.1, 0.15) is 12.5 Å². The number of phenolic OH excluding ortho intramolecular Hbond substituents is 1. The number of fused-ring (bicyclic) bond motifs is 1. The van der Waals surface area contributed by atoms with Gasteiger partial charge in [0.15, 0.2) is 0 Å². The van der Waals surface area contributed by atoms with Gasteiger partial charge in [-0.15, -0.1) is 0 Å². The maximum Gasteiger partial charge on any atom is 0.255 e. The molecule has 0 aliphatic heterocycles. The van der Waals surface area contributed by atoms with Gasteiger partial charge in [-0.05, 0) is 24.1 Å². The highest BCUT2D eigenvalue weighted by Gasteiger charge is 2.12. The molecule has 0 aliphatic rings. The number of hydrogen-bond donors (Lipinski definition) is 1. The van der Waals surface area contributed by atoms with Crippen LogP contribution in [0.15, 0.2) is 56.8 Å². The first-order chi connectivity index (χ1) is 10.1. The van der Waals surface area contributed by atoms with Gasteiger partial charge < -0.3 is 9.52 Å². The molecule has 0 amide bonds. The lowest BCUT2D eigenvalue weighted by Gasteiger charge is -2.07. The molecule has 0 radical (unpaired) electrons. The maximum absolute atomic E-state index is 12.6. The van der Waals surface area contributed by atoms with E-state index in [0.717, 1.165) is 0 Å². The fourth-order valence-corrected chi connectivity index (χ4v) is 2.28. The molecule has 0 atom stereocenters. The molecule has 2 heterocycles. The monoisotopic (exact) mass is 283 g/mol. The van der Waals surface area contributed by atoms with Crippen LogP contribution in [0.25, 0.3) is 16.7 Å². The molecule has 1 aromatic carbocycles. The fourth-order valence-electron chi connectivity index (χ4n) is 2.28. The van der Waals surface area contributed by atoms with Crippen LogP contribution in [0.2, 0.25) is 0 Å². The minimum atomic E-state index is -0.307. The van der Waals surface area contributed by atoms with Gasteiger partial charge >= 0.3 is 0 Å². The summed E-state index contributed by atoms with van der Waals surface area (Å²) < 4.78 is 6.63. The Morgan fingerprint density at radius 3 is 2.76 bits per heavy atom. The van der Waals surface area contributed by atoms with E-state index in [4.69, 9.17) is 4.42 Å². The van der Waals surface area contributed by atoms with Gasteiger partial charge in [-0.2, -0.15) is 0 Å². The van der Waals surface area contributed by atoms with Crippen molar-refractivity contribution >= 4 is 11.0 Å². The van der Waals surface area contributed by atoms with Crippen molar-refractivity contribution in [3.63, 3.8) is 0 Å². The molecular weight excluding hydrogens is 270 g/mol. The zero-order valence-electron chi connectivity index (χ0n) is 11.4. The zero-order valence-corrected chi connectivity index (χ0v) is 11.4. The average Bonchev–Trinajstić information content (AvgIpc) is 2.48. The van der Waals surface area contributed by atoms with E-state index < -0.39 is 0 Å². The van der Waals surface area contributed by atoms with Crippen LogP contribution in [0.5, 0.6) is 5.75 Å². The van der Waals surface area contributed by atoms with Gasteiger partial charge in [-0.25, -0.2) is 0 Å². The number of nitrogens with zero attached hydrogens (tertiary/aromatic N) is 1. The molecule has 0 bridgehead atoms. The average molecular weight is 283 g/mol. The van der Waals surface area contributed by atoms with Crippen molar-refractivity contribution in [1.82, 2.24) is 4.57 Å². The van der Waals surface area contributed by atoms with Crippen LogP contribution in [0.3, 0.4) is 0 Å². The number of aryl methyl sites for hydroxylation is 1. The number of aromatic nitrogens is 1. The Hall–Kier alpha value is -2.82. The number of pyridine rings is 1. The SMILES string of the molecule is CCc1cc2c(=O)c(-n3ccccc3=O)coc2cc1O. The predicted octanol–water partition coefficient (Wildman–Crippen LogP) is 2.21. The quantitative estimate of drug-likeness (QED) is 0.782. The Bertz CT molecular complexity index is 937. The van der Waals surface area contributed by atoms with Crippen molar-refractivity contribution in [1.29, 1.82) is 0 Å².